The Kier molecular flexibility index (Phi) is 3.93. The van der Waals surface area contributed by atoms with Crippen LogP contribution in [0.1, 0.15) is 17.3 Å². The summed E-state index contributed by atoms with van der Waals surface area (Å²) in [5.41, 5.74) is 6.23. The van der Waals surface area contributed by atoms with E-state index in [2.05, 4.69) is 27.8 Å². The summed E-state index contributed by atoms with van der Waals surface area (Å²) in [6, 6.07) is 1.73. The maximum absolute atomic E-state index is 12.3. The number of carbonyl (C=O) groups excluding carboxylic acids is 1. The third-order valence-electron chi connectivity index (χ3n) is 2.64. The van der Waals surface area contributed by atoms with Crippen molar-refractivity contribution in [3.05, 3.63) is 22.3 Å². The van der Waals surface area contributed by atoms with Crippen LogP contribution >= 0.6 is 27.7 Å². The molecule has 2 N–H and O–H groups in total. The van der Waals surface area contributed by atoms with E-state index in [0.29, 0.717) is 16.6 Å². The van der Waals surface area contributed by atoms with Crippen molar-refractivity contribution in [1.82, 2.24) is 9.88 Å². The Labute approximate surface area is 113 Å². The van der Waals surface area contributed by atoms with Crippen LogP contribution in [0.5, 0.6) is 0 Å². The predicted molar refractivity (Wildman–Crippen MR) is 74.2 cm³/mol. The average molecular weight is 316 g/mol. The van der Waals surface area contributed by atoms with E-state index in [0.717, 1.165) is 23.3 Å². The number of pyridine rings is 1. The topological polar surface area (TPSA) is 59.2 Å². The molecule has 1 saturated heterocycles. The molecule has 1 fully saturated rings. The van der Waals surface area contributed by atoms with E-state index in [-0.39, 0.29) is 5.91 Å². The number of hydrogen-bond donors (Lipinski definition) is 1. The van der Waals surface area contributed by atoms with Crippen molar-refractivity contribution in [3.63, 3.8) is 0 Å². The van der Waals surface area contributed by atoms with Crippen LogP contribution in [0, 0.1) is 0 Å². The second-order valence-electron chi connectivity index (χ2n) is 4.02. The zero-order valence-electron chi connectivity index (χ0n) is 9.52. The maximum Gasteiger partial charge on any atom is 0.257 e. The molecule has 0 radical (unpaired) electrons. The van der Waals surface area contributed by atoms with Crippen molar-refractivity contribution in [2.24, 2.45) is 0 Å². The number of amides is 1. The summed E-state index contributed by atoms with van der Waals surface area (Å²) >= 11 is 5.20. The van der Waals surface area contributed by atoms with Crippen LogP contribution in [0.2, 0.25) is 0 Å². The molecule has 0 spiro atoms. The Morgan fingerprint density at radius 1 is 1.71 bits per heavy atom. The highest BCUT2D eigenvalue weighted by Crippen LogP contribution is 2.22. The number of halogens is 1. The molecule has 1 amide bonds. The van der Waals surface area contributed by atoms with Crippen LogP contribution in [0.15, 0.2) is 16.7 Å². The first-order chi connectivity index (χ1) is 8.08. The Hall–Kier alpha value is -0.750. The van der Waals surface area contributed by atoms with E-state index in [9.17, 15) is 4.79 Å². The van der Waals surface area contributed by atoms with Crippen LogP contribution in [0.25, 0.3) is 0 Å². The lowest BCUT2D eigenvalue weighted by Gasteiger charge is -2.30. The highest BCUT2D eigenvalue weighted by molar-refractivity contribution is 9.10. The minimum absolute atomic E-state index is 0.0246. The lowest BCUT2D eigenvalue weighted by molar-refractivity contribution is 0.0764. The van der Waals surface area contributed by atoms with E-state index in [1.165, 1.54) is 0 Å². The smallest absolute Gasteiger partial charge is 0.257 e. The number of thioether (sulfide) groups is 1. The van der Waals surface area contributed by atoms with Crippen molar-refractivity contribution >= 4 is 39.4 Å². The molecule has 1 aliphatic heterocycles. The number of carbonyl (C=O) groups is 1. The Morgan fingerprint density at radius 2 is 2.47 bits per heavy atom. The molecule has 1 aromatic heterocycles. The molecule has 0 bridgehead atoms. The van der Waals surface area contributed by atoms with Gasteiger partial charge in [-0.2, -0.15) is 11.8 Å². The number of nitrogens with two attached hydrogens (primary N) is 1. The molecule has 0 aliphatic carbocycles. The molecule has 1 atom stereocenters. The first-order valence-electron chi connectivity index (χ1n) is 5.40. The summed E-state index contributed by atoms with van der Waals surface area (Å²) in [7, 11) is 0. The molecule has 17 heavy (non-hydrogen) atoms. The summed E-state index contributed by atoms with van der Waals surface area (Å²) < 4.78 is 0.773. The maximum atomic E-state index is 12.3. The van der Waals surface area contributed by atoms with Crippen LogP contribution in [-0.2, 0) is 0 Å². The number of nitrogen functional groups attached to an aromatic ring is 1. The van der Waals surface area contributed by atoms with E-state index in [1.807, 2.05) is 16.7 Å². The van der Waals surface area contributed by atoms with Crippen molar-refractivity contribution in [2.45, 2.75) is 12.2 Å². The number of hydrogen-bond acceptors (Lipinski definition) is 4. The van der Waals surface area contributed by atoms with Gasteiger partial charge in [0, 0.05) is 34.8 Å². The Bertz CT molecular complexity index is 441. The fourth-order valence-corrected chi connectivity index (χ4v) is 3.14. The zero-order chi connectivity index (χ0) is 12.4. The summed E-state index contributed by atoms with van der Waals surface area (Å²) in [6.07, 6.45) is 1.60. The summed E-state index contributed by atoms with van der Waals surface area (Å²) in [5, 5.41) is 0.481. The molecule has 0 aromatic carbocycles. The van der Waals surface area contributed by atoms with Crippen LogP contribution in [0.4, 0.5) is 5.82 Å². The molecule has 1 unspecified atom stereocenters. The number of rotatable bonds is 1. The van der Waals surface area contributed by atoms with Gasteiger partial charge in [-0.3, -0.25) is 4.79 Å². The lowest BCUT2D eigenvalue weighted by Crippen LogP contribution is -2.41. The van der Waals surface area contributed by atoms with Crippen molar-refractivity contribution in [2.75, 3.05) is 24.6 Å². The van der Waals surface area contributed by atoms with E-state index in [1.54, 1.807) is 12.3 Å². The summed E-state index contributed by atoms with van der Waals surface area (Å²) in [4.78, 5) is 18.1. The van der Waals surface area contributed by atoms with E-state index in [4.69, 9.17) is 5.73 Å². The van der Waals surface area contributed by atoms with Gasteiger partial charge in [-0.15, -0.1) is 0 Å². The van der Waals surface area contributed by atoms with Gasteiger partial charge in [0.05, 0.1) is 5.56 Å². The summed E-state index contributed by atoms with van der Waals surface area (Å²) in [6.45, 7) is 3.68. The van der Waals surface area contributed by atoms with Gasteiger partial charge in [0.1, 0.15) is 5.82 Å². The standard InChI is InChI=1S/C11H14BrN3OS/c1-7-6-15(2-3-17-7)11(16)9-4-8(12)5-14-10(9)13/h4-5,7H,2-3,6H2,1H3,(H2,13,14). The van der Waals surface area contributed by atoms with Gasteiger partial charge in [-0.1, -0.05) is 6.92 Å². The molecule has 1 aromatic rings. The first-order valence-corrected chi connectivity index (χ1v) is 7.24. The molecule has 92 valence electrons. The minimum atomic E-state index is -0.0246. The lowest BCUT2D eigenvalue weighted by atomic mass is 10.2. The Balaban J connectivity index is 2.21. The molecular formula is C11H14BrN3OS. The number of nitrogens with zero attached hydrogens (tertiary/aromatic N) is 2. The molecule has 2 rings (SSSR count). The van der Waals surface area contributed by atoms with Crippen molar-refractivity contribution < 1.29 is 4.79 Å². The quantitative estimate of drug-likeness (QED) is 0.861. The predicted octanol–water partition coefficient (Wildman–Crippen LogP) is 2.00. The fourth-order valence-electron chi connectivity index (χ4n) is 1.79. The second-order valence-corrected chi connectivity index (χ2v) is 6.48. The molecule has 2 heterocycles. The van der Waals surface area contributed by atoms with Gasteiger partial charge in [0.2, 0.25) is 0 Å². The molecule has 1 aliphatic rings. The molecule has 6 heteroatoms. The minimum Gasteiger partial charge on any atom is -0.383 e. The SMILES string of the molecule is CC1CN(C(=O)c2cc(Br)cnc2N)CCS1. The highest BCUT2D eigenvalue weighted by Gasteiger charge is 2.24. The van der Waals surface area contributed by atoms with Crippen LogP contribution in [0.3, 0.4) is 0 Å². The molecule has 0 saturated carbocycles. The van der Waals surface area contributed by atoms with Gasteiger partial charge in [0.15, 0.2) is 0 Å². The summed E-state index contributed by atoms with van der Waals surface area (Å²) in [5.74, 6) is 1.25. The number of aromatic nitrogens is 1. The van der Waals surface area contributed by atoms with E-state index < -0.39 is 0 Å². The third kappa shape index (κ3) is 2.93. The Morgan fingerprint density at radius 3 is 3.18 bits per heavy atom. The van der Waals surface area contributed by atoms with Gasteiger partial charge in [-0.25, -0.2) is 4.98 Å². The normalized spacial score (nSPS) is 20.4. The van der Waals surface area contributed by atoms with Crippen molar-refractivity contribution in [3.8, 4) is 0 Å². The second kappa shape index (κ2) is 5.27. The van der Waals surface area contributed by atoms with Crippen LogP contribution in [-0.4, -0.2) is 39.9 Å². The number of anilines is 1. The van der Waals surface area contributed by atoms with Gasteiger partial charge < -0.3 is 10.6 Å². The van der Waals surface area contributed by atoms with Gasteiger partial charge in [-0.05, 0) is 22.0 Å². The third-order valence-corrected chi connectivity index (χ3v) is 4.21. The van der Waals surface area contributed by atoms with Gasteiger partial charge >= 0.3 is 0 Å². The zero-order valence-corrected chi connectivity index (χ0v) is 11.9. The molecular weight excluding hydrogens is 302 g/mol. The average Bonchev–Trinajstić information content (AvgIpc) is 2.31. The monoisotopic (exact) mass is 315 g/mol. The first kappa shape index (κ1) is 12.7. The highest BCUT2D eigenvalue weighted by atomic mass is 79.9. The van der Waals surface area contributed by atoms with Crippen LogP contribution < -0.4 is 5.73 Å². The van der Waals surface area contributed by atoms with E-state index >= 15 is 0 Å². The van der Waals surface area contributed by atoms with Crippen molar-refractivity contribution in [1.29, 1.82) is 0 Å². The fraction of sp³-hybridized carbons (Fsp3) is 0.455. The molecule has 4 nitrogen and oxygen atoms in total. The largest absolute Gasteiger partial charge is 0.383 e. The van der Waals surface area contributed by atoms with Gasteiger partial charge in [0.25, 0.3) is 5.91 Å².